The van der Waals surface area contributed by atoms with Crippen molar-refractivity contribution in [2.75, 3.05) is 13.2 Å². The normalized spacial score (nSPS) is 11.7. The predicted octanol–water partition coefficient (Wildman–Crippen LogP) is 23.2. The molecular formula is C64H130O2. The molecule has 0 saturated heterocycles. The molecule has 0 bridgehead atoms. The average molecular weight is 932 g/mol. The van der Waals surface area contributed by atoms with Crippen LogP contribution in [0.4, 0.5) is 0 Å². The summed E-state index contributed by atoms with van der Waals surface area (Å²) in [6.45, 7) is 0.748. The quantitative estimate of drug-likeness (QED) is 0.0597. The minimum atomic E-state index is 0.374. The molecule has 0 atom stereocenters. The van der Waals surface area contributed by atoms with Gasteiger partial charge < -0.3 is 10.2 Å². The van der Waals surface area contributed by atoms with Crippen molar-refractivity contribution in [2.24, 2.45) is 0 Å². The highest BCUT2D eigenvalue weighted by molar-refractivity contribution is 4.56. The minimum absolute atomic E-state index is 0.374. The Morgan fingerprint density at radius 1 is 0.0758 bits per heavy atom. The van der Waals surface area contributed by atoms with Gasteiger partial charge in [0.1, 0.15) is 0 Å². The predicted molar refractivity (Wildman–Crippen MR) is 300 cm³/mol. The Bertz CT molecular complexity index is 717. The molecule has 0 radical (unpaired) electrons. The third-order valence-electron chi connectivity index (χ3n) is 15.6. The fourth-order valence-corrected chi connectivity index (χ4v) is 10.8. The summed E-state index contributed by atoms with van der Waals surface area (Å²) in [7, 11) is 0. The standard InChI is InChI=1S/C64H130O2/c65-63-61-59-57-55-53-51-49-47-45-43-41-39-37-35-33-31-29-27-25-23-21-19-17-15-13-11-9-7-5-3-1-2-4-6-8-10-12-14-16-18-20-22-24-26-28-30-32-34-36-38-40-42-44-46-48-50-52-54-56-58-60-62-64-66/h65-66H,1-64H2. The molecule has 2 N–H and O–H groups in total. The fourth-order valence-electron chi connectivity index (χ4n) is 10.8. The first kappa shape index (κ1) is 65.9. The van der Waals surface area contributed by atoms with Crippen molar-refractivity contribution < 1.29 is 10.2 Å². The van der Waals surface area contributed by atoms with Crippen LogP contribution in [0.15, 0.2) is 0 Å². The van der Waals surface area contributed by atoms with E-state index in [2.05, 4.69) is 0 Å². The van der Waals surface area contributed by atoms with Gasteiger partial charge in [0.2, 0.25) is 0 Å². The zero-order valence-corrected chi connectivity index (χ0v) is 46.1. The average Bonchev–Trinajstić information content (AvgIpc) is 3.33. The Balaban J connectivity index is 3.06. The van der Waals surface area contributed by atoms with Gasteiger partial charge >= 0.3 is 0 Å². The smallest absolute Gasteiger partial charge is 0.0431 e. The molecule has 0 aromatic heterocycles. The van der Waals surface area contributed by atoms with Crippen LogP contribution in [-0.2, 0) is 0 Å². The van der Waals surface area contributed by atoms with Crippen molar-refractivity contribution in [3.63, 3.8) is 0 Å². The first-order valence-corrected chi connectivity index (χ1v) is 32.1. The molecule has 0 aliphatic carbocycles. The maximum absolute atomic E-state index is 8.83. The van der Waals surface area contributed by atoms with E-state index in [-0.39, 0.29) is 0 Å². The number of hydrogen-bond donors (Lipinski definition) is 2. The molecule has 0 aromatic carbocycles. The Labute approximate surface area is 419 Å². The summed E-state index contributed by atoms with van der Waals surface area (Å²) in [6, 6.07) is 0. The van der Waals surface area contributed by atoms with Gasteiger partial charge in [0.25, 0.3) is 0 Å². The van der Waals surface area contributed by atoms with Crippen molar-refractivity contribution in [1.82, 2.24) is 0 Å². The molecule has 0 spiro atoms. The second kappa shape index (κ2) is 64.9. The summed E-state index contributed by atoms with van der Waals surface area (Å²) < 4.78 is 0. The summed E-state index contributed by atoms with van der Waals surface area (Å²) in [5.74, 6) is 0. The van der Waals surface area contributed by atoms with E-state index in [0.717, 1.165) is 12.8 Å². The number of aliphatic hydroxyl groups is 2. The van der Waals surface area contributed by atoms with Crippen LogP contribution in [0.2, 0.25) is 0 Å². The van der Waals surface area contributed by atoms with Gasteiger partial charge in [-0.25, -0.2) is 0 Å². The molecule has 0 amide bonds. The van der Waals surface area contributed by atoms with Gasteiger partial charge in [-0.2, -0.15) is 0 Å². The van der Waals surface area contributed by atoms with Crippen LogP contribution in [-0.4, -0.2) is 23.4 Å². The van der Waals surface area contributed by atoms with E-state index < -0.39 is 0 Å². The molecule has 0 aliphatic heterocycles. The van der Waals surface area contributed by atoms with Crippen LogP contribution >= 0.6 is 0 Å². The summed E-state index contributed by atoms with van der Waals surface area (Å²) >= 11 is 0. The van der Waals surface area contributed by atoms with Gasteiger partial charge in [0, 0.05) is 13.2 Å². The van der Waals surface area contributed by atoms with Crippen molar-refractivity contribution in [2.45, 2.75) is 398 Å². The number of unbranched alkanes of at least 4 members (excludes halogenated alkanes) is 61. The molecule has 398 valence electrons. The largest absolute Gasteiger partial charge is 0.396 e. The lowest BCUT2D eigenvalue weighted by atomic mass is 10.0. The van der Waals surface area contributed by atoms with Gasteiger partial charge in [-0.15, -0.1) is 0 Å². The zero-order valence-electron chi connectivity index (χ0n) is 46.1. The second-order valence-corrected chi connectivity index (χ2v) is 22.4. The van der Waals surface area contributed by atoms with Gasteiger partial charge in [-0.05, 0) is 12.8 Å². The molecule has 0 saturated carbocycles. The van der Waals surface area contributed by atoms with E-state index in [9.17, 15) is 0 Å². The molecule has 0 rings (SSSR count). The Kier molecular flexibility index (Phi) is 64.8. The molecule has 2 heteroatoms. The third-order valence-corrected chi connectivity index (χ3v) is 15.6. The molecule has 0 unspecified atom stereocenters. The van der Waals surface area contributed by atoms with Gasteiger partial charge in [-0.1, -0.05) is 385 Å². The minimum Gasteiger partial charge on any atom is -0.396 e. The summed E-state index contributed by atoms with van der Waals surface area (Å²) in [5, 5.41) is 17.7. The van der Waals surface area contributed by atoms with Crippen molar-refractivity contribution in [1.29, 1.82) is 0 Å². The van der Waals surface area contributed by atoms with Crippen molar-refractivity contribution >= 4 is 0 Å². The third kappa shape index (κ3) is 63.9. The van der Waals surface area contributed by atoms with Crippen molar-refractivity contribution in [3.05, 3.63) is 0 Å². The topological polar surface area (TPSA) is 40.5 Å². The molecule has 0 aliphatic rings. The highest BCUT2D eigenvalue weighted by Gasteiger charge is 2.00. The highest BCUT2D eigenvalue weighted by Crippen LogP contribution is 2.20. The monoisotopic (exact) mass is 931 g/mol. The first-order chi connectivity index (χ1) is 32.9. The lowest BCUT2D eigenvalue weighted by molar-refractivity contribution is 0.282. The molecule has 0 heterocycles. The van der Waals surface area contributed by atoms with Gasteiger partial charge in [-0.3, -0.25) is 0 Å². The second-order valence-electron chi connectivity index (χ2n) is 22.4. The lowest BCUT2D eigenvalue weighted by Gasteiger charge is -2.05. The zero-order chi connectivity index (χ0) is 47.3. The van der Waals surface area contributed by atoms with Crippen LogP contribution in [0.5, 0.6) is 0 Å². The van der Waals surface area contributed by atoms with Crippen LogP contribution in [0.1, 0.15) is 398 Å². The van der Waals surface area contributed by atoms with E-state index in [1.54, 1.807) is 0 Å². The SMILES string of the molecule is OCCCCCCCCCCCCCCCCCCCCCCCCCCCCCCCCCCCCCCCCCCCCCCCCCCCCCCCCCCCCCCCCO. The fraction of sp³-hybridized carbons (Fsp3) is 1.00. The summed E-state index contributed by atoms with van der Waals surface area (Å²) in [4.78, 5) is 0. The Hall–Kier alpha value is -0.0800. The van der Waals surface area contributed by atoms with Crippen LogP contribution < -0.4 is 0 Å². The van der Waals surface area contributed by atoms with Crippen LogP contribution in [0.3, 0.4) is 0 Å². The molecule has 0 aromatic rings. The molecule has 2 nitrogen and oxygen atoms in total. The van der Waals surface area contributed by atoms with E-state index in [0.29, 0.717) is 13.2 Å². The lowest BCUT2D eigenvalue weighted by Crippen LogP contribution is -1.85. The van der Waals surface area contributed by atoms with E-state index >= 15 is 0 Å². The number of rotatable bonds is 63. The highest BCUT2D eigenvalue weighted by atomic mass is 16.3. The Morgan fingerprint density at radius 2 is 0.121 bits per heavy atom. The van der Waals surface area contributed by atoms with E-state index in [4.69, 9.17) is 10.2 Å². The van der Waals surface area contributed by atoms with Gasteiger partial charge in [0.05, 0.1) is 0 Å². The number of aliphatic hydroxyl groups excluding tert-OH is 2. The van der Waals surface area contributed by atoms with Gasteiger partial charge in [0.15, 0.2) is 0 Å². The van der Waals surface area contributed by atoms with Crippen LogP contribution in [0.25, 0.3) is 0 Å². The van der Waals surface area contributed by atoms with E-state index in [1.807, 2.05) is 0 Å². The van der Waals surface area contributed by atoms with Crippen LogP contribution in [0, 0.1) is 0 Å². The number of hydrogen-bond acceptors (Lipinski definition) is 2. The van der Waals surface area contributed by atoms with E-state index in [1.165, 1.54) is 385 Å². The van der Waals surface area contributed by atoms with Crippen molar-refractivity contribution in [3.8, 4) is 0 Å². The maximum atomic E-state index is 8.83. The Morgan fingerprint density at radius 3 is 0.167 bits per heavy atom. The summed E-state index contributed by atoms with van der Waals surface area (Å²) in [5.41, 5.74) is 0. The first-order valence-electron chi connectivity index (χ1n) is 32.1. The summed E-state index contributed by atoms with van der Waals surface area (Å²) in [6.07, 6.45) is 89.6. The molecule has 66 heavy (non-hydrogen) atoms. The molecular weight excluding hydrogens is 801 g/mol. The molecule has 0 fully saturated rings. The maximum Gasteiger partial charge on any atom is 0.0431 e.